The fraction of sp³-hybridized carbons (Fsp3) is 0.619. The first-order chi connectivity index (χ1) is 15.2. The molecule has 2 aliphatic rings. The maximum atomic E-state index is 13.2. The Morgan fingerprint density at radius 3 is 2.47 bits per heavy atom. The van der Waals surface area contributed by atoms with Crippen molar-refractivity contribution in [1.29, 1.82) is 0 Å². The van der Waals surface area contributed by atoms with E-state index in [1.54, 1.807) is 9.80 Å². The van der Waals surface area contributed by atoms with Gasteiger partial charge in [0.25, 0.3) is 0 Å². The summed E-state index contributed by atoms with van der Waals surface area (Å²) in [5.41, 5.74) is -0.636. The van der Waals surface area contributed by atoms with Gasteiger partial charge in [0.2, 0.25) is 21.8 Å². The monoisotopic (exact) mass is 471 g/mol. The van der Waals surface area contributed by atoms with Gasteiger partial charge in [0, 0.05) is 38.0 Å². The van der Waals surface area contributed by atoms with Gasteiger partial charge in [-0.3, -0.25) is 9.59 Å². The highest BCUT2D eigenvalue weighted by molar-refractivity contribution is 7.88. The average molecular weight is 472 g/mol. The first-order valence-electron chi connectivity index (χ1n) is 10.6. The lowest BCUT2D eigenvalue weighted by atomic mass is 9.77. The molecule has 178 valence electrons. The Morgan fingerprint density at radius 1 is 1.12 bits per heavy atom. The molecule has 2 fully saturated rings. The van der Waals surface area contributed by atoms with Crippen molar-refractivity contribution in [3.8, 4) is 5.75 Å². The SMILES string of the molecule is CS(=O)(=O)NCC(=O)N1CCC[C@@](COc2ccc(F)cc2)(CC(=O)N2CCOCC2)C1. The number of ether oxygens (including phenoxy) is 2. The smallest absolute Gasteiger partial charge is 0.237 e. The topological polar surface area (TPSA) is 105 Å². The predicted molar refractivity (Wildman–Crippen MR) is 115 cm³/mol. The normalized spacial score (nSPS) is 21.9. The average Bonchev–Trinajstić information content (AvgIpc) is 2.77. The molecule has 0 unspecified atom stereocenters. The van der Waals surface area contributed by atoms with Crippen molar-refractivity contribution >= 4 is 21.8 Å². The highest BCUT2D eigenvalue weighted by Crippen LogP contribution is 2.35. The van der Waals surface area contributed by atoms with E-state index in [2.05, 4.69) is 4.72 Å². The lowest BCUT2D eigenvalue weighted by Gasteiger charge is -2.43. The largest absolute Gasteiger partial charge is 0.493 e. The zero-order valence-electron chi connectivity index (χ0n) is 18.2. The number of piperidine rings is 1. The van der Waals surface area contributed by atoms with Gasteiger partial charge in [-0.15, -0.1) is 0 Å². The van der Waals surface area contributed by atoms with E-state index >= 15 is 0 Å². The summed E-state index contributed by atoms with van der Waals surface area (Å²) in [5, 5.41) is 0. The number of likely N-dealkylation sites (tertiary alicyclic amines) is 1. The van der Waals surface area contributed by atoms with Gasteiger partial charge in [-0.25, -0.2) is 17.5 Å². The van der Waals surface area contributed by atoms with Crippen LogP contribution in [0.25, 0.3) is 0 Å². The molecule has 0 radical (unpaired) electrons. The summed E-state index contributed by atoms with van der Waals surface area (Å²) in [5.74, 6) is -0.270. The van der Waals surface area contributed by atoms with Gasteiger partial charge < -0.3 is 19.3 Å². The van der Waals surface area contributed by atoms with E-state index in [1.165, 1.54) is 24.3 Å². The van der Waals surface area contributed by atoms with Crippen LogP contribution in [0.4, 0.5) is 4.39 Å². The maximum absolute atomic E-state index is 13.2. The fourth-order valence-electron chi connectivity index (χ4n) is 4.05. The Labute approximate surface area is 187 Å². The minimum Gasteiger partial charge on any atom is -0.493 e. The first-order valence-corrected chi connectivity index (χ1v) is 12.5. The second-order valence-electron chi connectivity index (χ2n) is 8.42. The third kappa shape index (κ3) is 7.14. The van der Waals surface area contributed by atoms with Crippen molar-refractivity contribution in [2.24, 2.45) is 5.41 Å². The van der Waals surface area contributed by atoms with Crippen molar-refractivity contribution in [2.45, 2.75) is 19.3 Å². The van der Waals surface area contributed by atoms with Crippen LogP contribution in [0.3, 0.4) is 0 Å². The van der Waals surface area contributed by atoms with Crippen LogP contribution >= 0.6 is 0 Å². The summed E-state index contributed by atoms with van der Waals surface area (Å²) in [6.45, 7) is 2.63. The lowest BCUT2D eigenvalue weighted by Crippen LogP contribution is -2.53. The van der Waals surface area contributed by atoms with Gasteiger partial charge in [0.05, 0.1) is 32.6 Å². The van der Waals surface area contributed by atoms with Gasteiger partial charge >= 0.3 is 0 Å². The van der Waals surface area contributed by atoms with Crippen LogP contribution in [0.5, 0.6) is 5.75 Å². The molecule has 2 heterocycles. The third-order valence-corrected chi connectivity index (χ3v) is 6.42. The summed E-state index contributed by atoms with van der Waals surface area (Å²) in [4.78, 5) is 29.0. The van der Waals surface area contributed by atoms with Crippen LogP contribution in [0, 0.1) is 11.2 Å². The van der Waals surface area contributed by atoms with E-state index in [1.807, 2.05) is 0 Å². The van der Waals surface area contributed by atoms with Crippen molar-refractivity contribution in [2.75, 3.05) is 58.8 Å². The molecular weight excluding hydrogens is 441 g/mol. The summed E-state index contributed by atoms with van der Waals surface area (Å²) in [7, 11) is -3.50. The van der Waals surface area contributed by atoms with E-state index in [4.69, 9.17) is 9.47 Å². The van der Waals surface area contributed by atoms with Crippen molar-refractivity contribution in [3.63, 3.8) is 0 Å². The molecule has 3 rings (SSSR count). The molecule has 2 amide bonds. The van der Waals surface area contributed by atoms with Crippen LogP contribution < -0.4 is 9.46 Å². The van der Waals surface area contributed by atoms with Crippen molar-refractivity contribution in [3.05, 3.63) is 30.1 Å². The summed E-state index contributed by atoms with van der Waals surface area (Å²) in [6.07, 6.45) is 2.52. The van der Waals surface area contributed by atoms with Crippen LogP contribution in [-0.4, -0.2) is 88.8 Å². The number of morpholine rings is 1. The molecule has 9 nitrogen and oxygen atoms in total. The molecule has 1 aromatic carbocycles. The third-order valence-electron chi connectivity index (χ3n) is 5.75. The van der Waals surface area contributed by atoms with Crippen LogP contribution in [0.1, 0.15) is 19.3 Å². The lowest BCUT2D eigenvalue weighted by molar-refractivity contribution is -0.143. The van der Waals surface area contributed by atoms with Gasteiger partial charge in [0.1, 0.15) is 11.6 Å². The number of amides is 2. The Hall–Kier alpha value is -2.24. The van der Waals surface area contributed by atoms with Gasteiger partial charge in [0.15, 0.2) is 0 Å². The molecule has 0 spiro atoms. The van der Waals surface area contributed by atoms with Gasteiger partial charge in [-0.05, 0) is 37.1 Å². The van der Waals surface area contributed by atoms with E-state index in [9.17, 15) is 22.4 Å². The van der Waals surface area contributed by atoms with Crippen LogP contribution in [0.15, 0.2) is 24.3 Å². The predicted octanol–water partition coefficient (Wildman–Crippen LogP) is 0.611. The van der Waals surface area contributed by atoms with Crippen LogP contribution in [-0.2, 0) is 24.3 Å². The van der Waals surface area contributed by atoms with Crippen LogP contribution in [0.2, 0.25) is 0 Å². The Bertz CT molecular complexity index is 905. The minimum absolute atomic E-state index is 0.0282. The first kappa shape index (κ1) is 24.4. The molecule has 1 N–H and O–H groups in total. The van der Waals surface area contributed by atoms with E-state index in [0.717, 1.165) is 6.26 Å². The van der Waals surface area contributed by atoms with Crippen molar-refractivity contribution in [1.82, 2.24) is 14.5 Å². The number of benzene rings is 1. The Morgan fingerprint density at radius 2 is 1.81 bits per heavy atom. The summed E-state index contributed by atoms with van der Waals surface area (Å²) >= 11 is 0. The van der Waals surface area contributed by atoms with Crippen molar-refractivity contribution < 1.29 is 31.9 Å². The molecule has 0 aromatic heterocycles. The molecule has 2 saturated heterocycles. The second-order valence-corrected chi connectivity index (χ2v) is 10.3. The maximum Gasteiger partial charge on any atom is 0.237 e. The molecule has 0 aliphatic carbocycles. The fourth-order valence-corrected chi connectivity index (χ4v) is 4.44. The molecule has 1 aromatic rings. The highest BCUT2D eigenvalue weighted by Gasteiger charge is 2.41. The number of sulfonamides is 1. The Kier molecular flexibility index (Phi) is 8.07. The quantitative estimate of drug-likeness (QED) is 0.596. The standard InChI is InChI=1S/C21H30FN3O6S/c1-32(28,29)23-14-20(27)25-8-2-7-21(15-25,13-19(26)24-9-11-30-12-10-24)16-31-18-5-3-17(22)4-6-18/h3-6,23H,2,7-16H2,1H3/t21-/m1/s1. The highest BCUT2D eigenvalue weighted by atomic mass is 32.2. The second kappa shape index (κ2) is 10.6. The number of carbonyl (C=O) groups excluding carboxylic acids is 2. The number of nitrogens with one attached hydrogen (secondary N) is 1. The number of carbonyl (C=O) groups is 2. The molecule has 0 bridgehead atoms. The number of hydrogen-bond acceptors (Lipinski definition) is 6. The zero-order chi connectivity index (χ0) is 23.2. The number of nitrogens with zero attached hydrogens (tertiary/aromatic N) is 2. The van der Waals surface area contributed by atoms with Gasteiger partial charge in [-0.1, -0.05) is 0 Å². The molecule has 1 atom stereocenters. The zero-order valence-corrected chi connectivity index (χ0v) is 19.0. The summed E-state index contributed by atoms with van der Waals surface area (Å²) in [6, 6.07) is 5.64. The molecular formula is C21H30FN3O6S. The van der Waals surface area contributed by atoms with Gasteiger partial charge in [-0.2, -0.15) is 0 Å². The summed E-state index contributed by atoms with van der Waals surface area (Å²) < 4.78 is 49.4. The van der Waals surface area contributed by atoms with E-state index in [-0.39, 0.29) is 43.7 Å². The molecule has 2 aliphatic heterocycles. The number of rotatable bonds is 8. The molecule has 11 heteroatoms. The molecule has 32 heavy (non-hydrogen) atoms. The minimum atomic E-state index is -3.50. The molecule has 0 saturated carbocycles. The Balaban J connectivity index is 1.72. The number of hydrogen-bond donors (Lipinski definition) is 1. The van der Waals surface area contributed by atoms with E-state index in [0.29, 0.717) is 51.4 Å². The van der Waals surface area contributed by atoms with E-state index < -0.39 is 15.4 Å². The number of halogens is 1.